The van der Waals surface area contributed by atoms with Crippen LogP contribution in [-0.4, -0.2) is 4.98 Å². The van der Waals surface area contributed by atoms with Gasteiger partial charge in [0.05, 0.1) is 11.3 Å². The van der Waals surface area contributed by atoms with Crippen molar-refractivity contribution in [3.05, 3.63) is 51.9 Å². The standard InChI is InChI=1S/C16H14N2OS/c1-11-5-8-14(19-11)4-2-3-13(9-17)16-18-15(10-20-16)12-6-7-12/h2-5,8,10,12H,6-7H2,1H3/b4-2+,13-3-. The van der Waals surface area contributed by atoms with Gasteiger partial charge in [-0.3, -0.25) is 0 Å². The fraction of sp³-hybridized carbons (Fsp3) is 0.250. The van der Waals surface area contributed by atoms with Crippen molar-refractivity contribution in [1.82, 2.24) is 4.98 Å². The fourth-order valence-corrected chi connectivity index (χ4v) is 2.79. The van der Waals surface area contributed by atoms with Crippen LogP contribution in [0.15, 0.2) is 34.1 Å². The Balaban J connectivity index is 1.76. The topological polar surface area (TPSA) is 49.8 Å². The van der Waals surface area contributed by atoms with Gasteiger partial charge in [0.2, 0.25) is 0 Å². The highest BCUT2D eigenvalue weighted by molar-refractivity contribution is 7.10. The van der Waals surface area contributed by atoms with Crippen LogP contribution < -0.4 is 0 Å². The van der Waals surface area contributed by atoms with Gasteiger partial charge in [0.25, 0.3) is 0 Å². The lowest BCUT2D eigenvalue weighted by Gasteiger charge is -1.90. The van der Waals surface area contributed by atoms with Gasteiger partial charge < -0.3 is 4.42 Å². The fourth-order valence-electron chi connectivity index (χ4n) is 1.92. The molecule has 0 bridgehead atoms. The van der Waals surface area contributed by atoms with Crippen molar-refractivity contribution in [2.24, 2.45) is 0 Å². The molecule has 0 radical (unpaired) electrons. The summed E-state index contributed by atoms with van der Waals surface area (Å²) in [6.07, 6.45) is 7.92. The summed E-state index contributed by atoms with van der Waals surface area (Å²) >= 11 is 1.54. The summed E-state index contributed by atoms with van der Waals surface area (Å²) in [6, 6.07) is 6.03. The first-order chi connectivity index (χ1) is 9.76. The van der Waals surface area contributed by atoms with E-state index in [-0.39, 0.29) is 0 Å². The number of thiazole rings is 1. The first kappa shape index (κ1) is 12.9. The Morgan fingerprint density at radius 2 is 2.35 bits per heavy atom. The van der Waals surface area contributed by atoms with E-state index >= 15 is 0 Å². The van der Waals surface area contributed by atoms with E-state index in [9.17, 15) is 5.26 Å². The van der Waals surface area contributed by atoms with E-state index in [0.717, 1.165) is 22.2 Å². The lowest BCUT2D eigenvalue weighted by atomic mass is 10.2. The Morgan fingerprint density at radius 1 is 1.50 bits per heavy atom. The first-order valence-corrected chi connectivity index (χ1v) is 7.45. The average molecular weight is 282 g/mol. The highest BCUT2D eigenvalue weighted by atomic mass is 32.1. The molecule has 1 aliphatic rings. The minimum absolute atomic E-state index is 0.599. The summed E-state index contributed by atoms with van der Waals surface area (Å²) in [5.74, 6) is 2.29. The molecule has 1 saturated carbocycles. The van der Waals surface area contributed by atoms with Crippen LogP contribution in [0.5, 0.6) is 0 Å². The second-order valence-electron chi connectivity index (χ2n) is 4.85. The number of nitriles is 1. The number of nitrogens with zero attached hydrogens (tertiary/aromatic N) is 2. The number of hydrogen-bond donors (Lipinski definition) is 0. The highest BCUT2D eigenvalue weighted by Gasteiger charge is 2.26. The molecular weight excluding hydrogens is 268 g/mol. The quantitative estimate of drug-likeness (QED) is 0.611. The molecule has 4 heteroatoms. The lowest BCUT2D eigenvalue weighted by Crippen LogP contribution is -1.82. The van der Waals surface area contributed by atoms with Crippen molar-refractivity contribution in [2.75, 3.05) is 0 Å². The SMILES string of the molecule is Cc1ccc(/C=C/C=C(/C#N)c2nc(C3CC3)cs2)o1. The van der Waals surface area contributed by atoms with Crippen molar-refractivity contribution in [2.45, 2.75) is 25.7 Å². The molecule has 0 saturated heterocycles. The molecule has 2 aromatic rings. The minimum Gasteiger partial charge on any atom is -0.462 e. The monoisotopic (exact) mass is 282 g/mol. The van der Waals surface area contributed by atoms with E-state index in [1.54, 1.807) is 17.4 Å². The Kier molecular flexibility index (Phi) is 3.53. The highest BCUT2D eigenvalue weighted by Crippen LogP contribution is 2.40. The summed E-state index contributed by atoms with van der Waals surface area (Å²) in [6.45, 7) is 1.91. The van der Waals surface area contributed by atoms with E-state index in [0.29, 0.717) is 11.5 Å². The van der Waals surface area contributed by atoms with Crippen LogP contribution in [0.2, 0.25) is 0 Å². The molecule has 3 nitrogen and oxygen atoms in total. The zero-order valence-electron chi connectivity index (χ0n) is 11.2. The molecule has 1 fully saturated rings. The number of aromatic nitrogens is 1. The molecule has 0 unspecified atom stereocenters. The van der Waals surface area contributed by atoms with E-state index in [2.05, 4.69) is 16.4 Å². The molecule has 0 N–H and O–H groups in total. The van der Waals surface area contributed by atoms with Crippen molar-refractivity contribution in [1.29, 1.82) is 5.26 Å². The molecular formula is C16H14N2OS. The van der Waals surface area contributed by atoms with E-state index in [1.165, 1.54) is 12.8 Å². The van der Waals surface area contributed by atoms with E-state index in [4.69, 9.17) is 4.42 Å². The van der Waals surface area contributed by atoms with Gasteiger partial charge in [-0.05, 0) is 44.1 Å². The van der Waals surface area contributed by atoms with Crippen LogP contribution in [0.1, 0.15) is 41.0 Å². The summed E-state index contributed by atoms with van der Waals surface area (Å²) < 4.78 is 5.44. The number of allylic oxidation sites excluding steroid dienone is 3. The van der Waals surface area contributed by atoms with Gasteiger partial charge in [-0.25, -0.2) is 4.98 Å². The van der Waals surface area contributed by atoms with Gasteiger partial charge in [0.15, 0.2) is 0 Å². The molecule has 0 amide bonds. The maximum absolute atomic E-state index is 9.24. The van der Waals surface area contributed by atoms with Crippen molar-refractivity contribution < 1.29 is 4.42 Å². The van der Waals surface area contributed by atoms with Gasteiger partial charge in [-0.2, -0.15) is 5.26 Å². The molecule has 1 aliphatic carbocycles. The van der Waals surface area contributed by atoms with Gasteiger partial charge >= 0.3 is 0 Å². The second kappa shape index (κ2) is 5.48. The third kappa shape index (κ3) is 2.89. The number of rotatable bonds is 4. The summed E-state index contributed by atoms with van der Waals surface area (Å²) in [7, 11) is 0. The second-order valence-corrected chi connectivity index (χ2v) is 5.71. The zero-order chi connectivity index (χ0) is 13.9. The molecule has 2 heterocycles. The van der Waals surface area contributed by atoms with Crippen molar-refractivity contribution in [3.8, 4) is 6.07 Å². The van der Waals surface area contributed by atoms with Gasteiger partial charge in [0.1, 0.15) is 22.6 Å². The minimum atomic E-state index is 0.599. The number of hydrogen-bond acceptors (Lipinski definition) is 4. The third-order valence-corrected chi connectivity index (χ3v) is 4.05. The van der Waals surface area contributed by atoms with Crippen LogP contribution >= 0.6 is 11.3 Å². The Morgan fingerprint density at radius 3 is 3.00 bits per heavy atom. The molecule has 0 aromatic carbocycles. The Labute approximate surface area is 121 Å². The molecule has 0 spiro atoms. The van der Waals surface area contributed by atoms with E-state index in [1.807, 2.05) is 31.2 Å². The summed E-state index contributed by atoms with van der Waals surface area (Å²) in [5.41, 5.74) is 1.73. The molecule has 3 rings (SSSR count). The Bertz CT molecular complexity index is 711. The summed E-state index contributed by atoms with van der Waals surface area (Å²) in [4.78, 5) is 4.54. The van der Waals surface area contributed by atoms with Crippen molar-refractivity contribution >= 4 is 23.0 Å². The largest absolute Gasteiger partial charge is 0.462 e. The average Bonchev–Trinajstić information content (AvgIpc) is 3.04. The van der Waals surface area contributed by atoms with Crippen LogP contribution in [0.4, 0.5) is 0 Å². The van der Waals surface area contributed by atoms with Crippen LogP contribution in [0.25, 0.3) is 11.6 Å². The predicted octanol–water partition coefficient (Wildman–Crippen LogP) is 4.54. The normalized spacial score (nSPS) is 15.7. The Hall–Kier alpha value is -2.12. The first-order valence-electron chi connectivity index (χ1n) is 6.57. The smallest absolute Gasteiger partial charge is 0.134 e. The molecule has 20 heavy (non-hydrogen) atoms. The van der Waals surface area contributed by atoms with Crippen molar-refractivity contribution in [3.63, 3.8) is 0 Å². The summed E-state index contributed by atoms with van der Waals surface area (Å²) in [5, 5.41) is 12.1. The van der Waals surface area contributed by atoms with Gasteiger partial charge in [0, 0.05) is 11.3 Å². The molecule has 0 atom stereocenters. The van der Waals surface area contributed by atoms with Crippen LogP contribution in [-0.2, 0) is 0 Å². The van der Waals surface area contributed by atoms with Gasteiger partial charge in [-0.1, -0.05) is 6.08 Å². The van der Waals surface area contributed by atoms with Crippen LogP contribution in [0.3, 0.4) is 0 Å². The van der Waals surface area contributed by atoms with Crippen LogP contribution in [0, 0.1) is 18.3 Å². The van der Waals surface area contributed by atoms with Gasteiger partial charge in [-0.15, -0.1) is 11.3 Å². The third-order valence-electron chi connectivity index (χ3n) is 3.15. The lowest BCUT2D eigenvalue weighted by molar-refractivity contribution is 0.525. The number of furan rings is 1. The molecule has 2 aromatic heterocycles. The maximum atomic E-state index is 9.24. The maximum Gasteiger partial charge on any atom is 0.134 e. The molecule has 0 aliphatic heterocycles. The molecule has 100 valence electrons. The van der Waals surface area contributed by atoms with E-state index < -0.39 is 0 Å². The predicted molar refractivity (Wildman–Crippen MR) is 80.2 cm³/mol. The number of aryl methyl sites for hydroxylation is 1. The zero-order valence-corrected chi connectivity index (χ0v) is 12.0.